The molecule has 1 rings (SSSR count). The smallest absolute Gasteiger partial charge is 0.165 e. The van der Waals surface area contributed by atoms with E-state index in [9.17, 15) is 4.79 Å². The Labute approximate surface area is 93.4 Å². The van der Waals surface area contributed by atoms with E-state index in [2.05, 4.69) is 20.8 Å². The van der Waals surface area contributed by atoms with Gasteiger partial charge in [-0.2, -0.15) is 0 Å². The van der Waals surface area contributed by atoms with Gasteiger partial charge in [-0.1, -0.05) is 33.6 Å². The van der Waals surface area contributed by atoms with Gasteiger partial charge in [0.25, 0.3) is 0 Å². The van der Waals surface area contributed by atoms with Crippen molar-refractivity contribution in [1.29, 1.82) is 0 Å². The van der Waals surface area contributed by atoms with E-state index in [4.69, 9.17) is 4.74 Å². The van der Waals surface area contributed by atoms with Gasteiger partial charge in [0, 0.05) is 12.5 Å². The van der Waals surface area contributed by atoms with E-state index in [1.54, 1.807) is 0 Å². The van der Waals surface area contributed by atoms with Crippen molar-refractivity contribution in [1.82, 2.24) is 0 Å². The first-order valence-electron chi connectivity index (χ1n) is 6.12. The van der Waals surface area contributed by atoms with Crippen molar-refractivity contribution in [2.75, 3.05) is 6.61 Å². The minimum absolute atomic E-state index is 0.0737. The van der Waals surface area contributed by atoms with Gasteiger partial charge in [0.2, 0.25) is 0 Å². The first-order chi connectivity index (χ1) is 6.96. The molecule has 0 N–H and O–H groups in total. The Morgan fingerprint density at radius 3 is 2.27 bits per heavy atom. The van der Waals surface area contributed by atoms with E-state index in [-0.39, 0.29) is 17.4 Å². The van der Waals surface area contributed by atoms with Gasteiger partial charge in [-0.25, -0.2) is 0 Å². The molecule has 0 aliphatic heterocycles. The molecule has 0 saturated heterocycles. The fourth-order valence-electron chi connectivity index (χ4n) is 2.35. The maximum absolute atomic E-state index is 12.3. The van der Waals surface area contributed by atoms with E-state index >= 15 is 0 Å². The van der Waals surface area contributed by atoms with Crippen LogP contribution in [0.3, 0.4) is 0 Å². The molecule has 0 amide bonds. The van der Waals surface area contributed by atoms with Crippen LogP contribution in [0, 0.1) is 11.3 Å². The largest absolute Gasteiger partial charge is 0.370 e. The Morgan fingerprint density at radius 2 is 1.87 bits per heavy atom. The summed E-state index contributed by atoms with van der Waals surface area (Å²) >= 11 is 0. The van der Waals surface area contributed by atoms with Crippen LogP contribution in [0.4, 0.5) is 0 Å². The summed E-state index contributed by atoms with van der Waals surface area (Å²) in [6.45, 7) is 8.83. The molecule has 1 unspecified atom stereocenters. The summed E-state index contributed by atoms with van der Waals surface area (Å²) in [6.07, 6.45) is 4.33. The van der Waals surface area contributed by atoms with Crippen molar-refractivity contribution in [2.24, 2.45) is 11.3 Å². The fraction of sp³-hybridized carbons (Fsp3) is 0.923. The normalized spacial score (nSPS) is 20.5. The molecule has 1 fully saturated rings. The van der Waals surface area contributed by atoms with Crippen molar-refractivity contribution in [3.63, 3.8) is 0 Å². The Balaban J connectivity index is 2.66. The molecule has 15 heavy (non-hydrogen) atoms. The van der Waals surface area contributed by atoms with Crippen molar-refractivity contribution >= 4 is 5.78 Å². The van der Waals surface area contributed by atoms with Crippen molar-refractivity contribution < 1.29 is 9.53 Å². The Kier molecular flexibility index (Phi) is 4.32. The van der Waals surface area contributed by atoms with E-state index in [0.717, 1.165) is 12.8 Å². The Hall–Kier alpha value is -0.370. The predicted octanol–water partition coefficient (Wildman–Crippen LogP) is 3.20. The lowest BCUT2D eigenvalue weighted by Gasteiger charge is -2.31. The molecule has 1 aliphatic carbocycles. The van der Waals surface area contributed by atoms with Gasteiger partial charge in [-0.3, -0.25) is 4.79 Å². The van der Waals surface area contributed by atoms with Crippen LogP contribution >= 0.6 is 0 Å². The molecule has 0 radical (unpaired) electrons. The van der Waals surface area contributed by atoms with Gasteiger partial charge in [0.15, 0.2) is 5.78 Å². The van der Waals surface area contributed by atoms with Gasteiger partial charge < -0.3 is 4.74 Å². The van der Waals surface area contributed by atoms with Crippen LogP contribution in [-0.2, 0) is 9.53 Å². The van der Waals surface area contributed by atoms with Crippen molar-refractivity contribution in [3.05, 3.63) is 0 Å². The zero-order chi connectivity index (χ0) is 11.5. The molecule has 0 aromatic heterocycles. The van der Waals surface area contributed by atoms with Crippen LogP contribution < -0.4 is 0 Å². The highest BCUT2D eigenvalue weighted by Crippen LogP contribution is 2.32. The summed E-state index contributed by atoms with van der Waals surface area (Å²) in [5.41, 5.74) is -0.0737. The topological polar surface area (TPSA) is 26.3 Å². The summed E-state index contributed by atoms with van der Waals surface area (Å²) in [5.74, 6) is 0.600. The zero-order valence-corrected chi connectivity index (χ0v) is 10.5. The van der Waals surface area contributed by atoms with E-state index in [1.165, 1.54) is 12.8 Å². The maximum atomic E-state index is 12.3. The summed E-state index contributed by atoms with van der Waals surface area (Å²) in [5, 5.41) is 0. The summed E-state index contributed by atoms with van der Waals surface area (Å²) < 4.78 is 5.63. The predicted molar refractivity (Wildman–Crippen MR) is 61.8 cm³/mol. The molecule has 1 saturated carbocycles. The standard InChI is InChI=1S/C13H24O2/c1-5-15-12(13(2,3)4)11(14)10-8-6-7-9-10/h10,12H,5-9H2,1-4H3. The van der Waals surface area contributed by atoms with Gasteiger partial charge in [0.1, 0.15) is 6.10 Å². The minimum Gasteiger partial charge on any atom is -0.370 e. The second-order valence-corrected chi connectivity index (χ2v) is 5.59. The van der Waals surface area contributed by atoms with Crippen LogP contribution in [0.15, 0.2) is 0 Å². The lowest BCUT2D eigenvalue weighted by Crippen LogP contribution is -2.40. The second-order valence-electron chi connectivity index (χ2n) is 5.59. The third-order valence-electron chi connectivity index (χ3n) is 3.14. The van der Waals surface area contributed by atoms with Crippen molar-refractivity contribution in [3.8, 4) is 0 Å². The van der Waals surface area contributed by atoms with Crippen LogP contribution in [0.1, 0.15) is 53.4 Å². The Bertz CT molecular complexity index is 209. The van der Waals surface area contributed by atoms with E-state index < -0.39 is 0 Å². The number of ketones is 1. The fourth-order valence-corrected chi connectivity index (χ4v) is 2.35. The SMILES string of the molecule is CCOC(C(=O)C1CCCC1)C(C)(C)C. The molecule has 0 bridgehead atoms. The molecular weight excluding hydrogens is 188 g/mol. The molecule has 2 heteroatoms. The number of hydrogen-bond acceptors (Lipinski definition) is 2. The molecule has 0 heterocycles. The van der Waals surface area contributed by atoms with Crippen LogP contribution in [0.2, 0.25) is 0 Å². The van der Waals surface area contributed by atoms with E-state index in [1.807, 2.05) is 6.92 Å². The number of hydrogen-bond donors (Lipinski definition) is 0. The van der Waals surface area contributed by atoms with Crippen LogP contribution in [0.25, 0.3) is 0 Å². The first kappa shape index (κ1) is 12.7. The summed E-state index contributed by atoms with van der Waals surface area (Å²) in [7, 11) is 0. The molecule has 2 nitrogen and oxygen atoms in total. The average molecular weight is 212 g/mol. The molecule has 0 spiro atoms. The van der Waals surface area contributed by atoms with Gasteiger partial charge in [-0.15, -0.1) is 0 Å². The van der Waals surface area contributed by atoms with Gasteiger partial charge >= 0.3 is 0 Å². The van der Waals surface area contributed by atoms with Gasteiger partial charge in [-0.05, 0) is 25.2 Å². The van der Waals surface area contributed by atoms with E-state index in [0.29, 0.717) is 12.4 Å². The summed E-state index contributed by atoms with van der Waals surface area (Å²) in [6, 6.07) is 0. The highest BCUT2D eigenvalue weighted by atomic mass is 16.5. The highest BCUT2D eigenvalue weighted by Gasteiger charge is 2.36. The molecule has 1 aliphatic rings. The molecule has 1 atom stereocenters. The highest BCUT2D eigenvalue weighted by molar-refractivity contribution is 5.86. The quantitative estimate of drug-likeness (QED) is 0.715. The van der Waals surface area contributed by atoms with Gasteiger partial charge in [0.05, 0.1) is 0 Å². The third-order valence-corrected chi connectivity index (χ3v) is 3.14. The zero-order valence-electron chi connectivity index (χ0n) is 10.5. The summed E-state index contributed by atoms with van der Waals surface area (Å²) in [4.78, 5) is 12.3. The third kappa shape index (κ3) is 3.30. The molecule has 0 aromatic carbocycles. The van der Waals surface area contributed by atoms with Crippen LogP contribution in [0.5, 0.6) is 0 Å². The molecule has 88 valence electrons. The lowest BCUT2D eigenvalue weighted by molar-refractivity contribution is -0.141. The molecular formula is C13H24O2. The number of ether oxygens (including phenoxy) is 1. The average Bonchev–Trinajstić information content (AvgIpc) is 2.63. The first-order valence-corrected chi connectivity index (χ1v) is 6.12. The number of carbonyl (C=O) groups is 1. The van der Waals surface area contributed by atoms with Crippen LogP contribution in [-0.4, -0.2) is 18.5 Å². The van der Waals surface area contributed by atoms with Crippen molar-refractivity contribution in [2.45, 2.75) is 59.5 Å². The lowest BCUT2D eigenvalue weighted by atomic mass is 9.82. The maximum Gasteiger partial charge on any atom is 0.165 e. The minimum atomic E-state index is -0.217. The second kappa shape index (κ2) is 5.11. The number of rotatable bonds is 4. The monoisotopic (exact) mass is 212 g/mol. The number of Topliss-reactive ketones (excluding diaryl/α,β-unsaturated/α-hetero) is 1. The molecule has 0 aromatic rings. The number of carbonyl (C=O) groups excluding carboxylic acids is 1. The Morgan fingerprint density at radius 1 is 1.33 bits per heavy atom.